The highest BCUT2D eigenvalue weighted by atomic mass is 16.3. The van der Waals surface area contributed by atoms with E-state index < -0.39 is 30.2 Å². The van der Waals surface area contributed by atoms with Crippen molar-refractivity contribution in [1.29, 1.82) is 0 Å². The maximum absolute atomic E-state index is 9.09. The molecule has 0 saturated heterocycles. The third-order valence-electron chi connectivity index (χ3n) is 8.64. The summed E-state index contributed by atoms with van der Waals surface area (Å²) in [6, 6.07) is 29.0. The summed E-state index contributed by atoms with van der Waals surface area (Å²) in [4.78, 5) is 14.6. The molecular formula is C43H25N3O2. The second-order valence-electron chi connectivity index (χ2n) is 11.3. The second kappa shape index (κ2) is 10.5. The van der Waals surface area contributed by atoms with Crippen LogP contribution < -0.4 is 0 Å². The zero-order valence-electron chi connectivity index (χ0n) is 33.0. The van der Waals surface area contributed by atoms with Gasteiger partial charge in [-0.1, -0.05) is 121 Å². The average molecular weight is 624 g/mol. The van der Waals surface area contributed by atoms with Gasteiger partial charge >= 0.3 is 0 Å². The fourth-order valence-corrected chi connectivity index (χ4v) is 6.53. The van der Waals surface area contributed by atoms with E-state index in [9.17, 15) is 0 Å². The maximum Gasteiger partial charge on any atom is 0.167 e. The third-order valence-corrected chi connectivity index (χ3v) is 8.64. The summed E-state index contributed by atoms with van der Waals surface area (Å²) < 4.78 is 80.9. The molecule has 0 aliphatic carbocycles. The van der Waals surface area contributed by atoms with Crippen LogP contribution in [0.15, 0.2) is 160 Å². The number of hydrogen-bond acceptors (Lipinski definition) is 5. The molecular weight excluding hydrogens is 590 g/mol. The van der Waals surface area contributed by atoms with Gasteiger partial charge in [0.2, 0.25) is 0 Å². The van der Waals surface area contributed by atoms with Gasteiger partial charge in [0.15, 0.2) is 17.5 Å². The Balaban J connectivity index is 1.26. The van der Waals surface area contributed by atoms with Gasteiger partial charge in [0.25, 0.3) is 0 Å². The lowest BCUT2D eigenvalue weighted by Gasteiger charge is -2.14. The molecule has 7 aromatic carbocycles. The summed E-state index contributed by atoms with van der Waals surface area (Å²) >= 11 is 0. The number of nitrogens with zero attached hydrogens (tertiary/aromatic N) is 3. The van der Waals surface area contributed by atoms with E-state index in [2.05, 4.69) is 0 Å². The molecule has 3 heterocycles. The first-order valence-corrected chi connectivity index (χ1v) is 15.3. The van der Waals surface area contributed by atoms with Gasteiger partial charge in [-0.25, -0.2) is 15.0 Å². The lowest BCUT2D eigenvalue weighted by molar-refractivity contribution is 0.669. The Hall–Kier alpha value is -6.59. The number of para-hydroxylation sites is 3. The van der Waals surface area contributed by atoms with Crippen LogP contribution in [-0.4, -0.2) is 15.0 Å². The Morgan fingerprint density at radius 1 is 0.396 bits per heavy atom. The van der Waals surface area contributed by atoms with E-state index >= 15 is 0 Å². The molecule has 0 fully saturated rings. The van der Waals surface area contributed by atoms with Crippen LogP contribution in [0.5, 0.6) is 0 Å². The number of benzene rings is 7. The third kappa shape index (κ3) is 4.08. The van der Waals surface area contributed by atoms with Gasteiger partial charge in [0, 0.05) is 32.7 Å². The van der Waals surface area contributed by atoms with Gasteiger partial charge in [0.05, 0.1) is 16.5 Å². The van der Waals surface area contributed by atoms with Crippen molar-refractivity contribution >= 4 is 54.6 Å². The molecule has 0 N–H and O–H groups in total. The van der Waals surface area contributed by atoms with E-state index in [0.717, 1.165) is 16.2 Å². The van der Waals surface area contributed by atoms with Crippen LogP contribution in [0.25, 0.3) is 99.9 Å². The van der Waals surface area contributed by atoms with E-state index in [1.807, 2.05) is 78.9 Å². The molecule has 0 aliphatic heterocycles. The van der Waals surface area contributed by atoms with Crippen molar-refractivity contribution in [1.82, 2.24) is 15.0 Å². The first-order valence-electron chi connectivity index (χ1n) is 19.3. The summed E-state index contributed by atoms with van der Waals surface area (Å²) in [5.74, 6) is 0.252. The van der Waals surface area contributed by atoms with E-state index in [-0.39, 0.29) is 41.2 Å². The molecule has 0 amide bonds. The molecule has 48 heavy (non-hydrogen) atoms. The minimum atomic E-state index is -0.529. The van der Waals surface area contributed by atoms with Crippen molar-refractivity contribution < 1.29 is 19.8 Å². The fraction of sp³-hybridized carbons (Fsp3) is 0. The predicted molar refractivity (Wildman–Crippen MR) is 194 cm³/mol. The van der Waals surface area contributed by atoms with Crippen molar-refractivity contribution in [2.75, 3.05) is 0 Å². The van der Waals surface area contributed by atoms with Crippen molar-refractivity contribution in [2.45, 2.75) is 0 Å². The Kier molecular flexibility index (Phi) is 4.32. The number of aromatic nitrogens is 3. The van der Waals surface area contributed by atoms with Gasteiger partial charge in [-0.05, 0) is 52.2 Å². The first kappa shape index (κ1) is 19.8. The molecule has 0 aliphatic rings. The molecule has 224 valence electrons. The topological polar surface area (TPSA) is 65.0 Å². The summed E-state index contributed by atoms with van der Waals surface area (Å²) in [6.07, 6.45) is 0. The molecule has 0 unspecified atom stereocenters. The molecule has 0 spiro atoms. The molecule has 3 aromatic heterocycles. The Morgan fingerprint density at radius 2 is 1.10 bits per heavy atom. The second-order valence-corrected chi connectivity index (χ2v) is 11.3. The SMILES string of the molecule is [2H]c1cc([2H])c2oc3ccc([2H])c(-c4ccc(-c5nc(-c6c([2H])c([2H])c([2H])c([2H])c6[2H])nc(-c6cccc7c6oc6ccccc67)n5)c5ccccc45)c3c2c1. The van der Waals surface area contributed by atoms with Crippen LogP contribution >= 0.6 is 0 Å². The van der Waals surface area contributed by atoms with Crippen LogP contribution in [0.4, 0.5) is 0 Å². The summed E-state index contributed by atoms with van der Waals surface area (Å²) in [5, 5.41) is 4.39. The Labute approximate surface area is 286 Å². The highest BCUT2D eigenvalue weighted by Gasteiger charge is 2.20. The van der Waals surface area contributed by atoms with Crippen LogP contribution in [0, 0.1) is 0 Å². The number of furan rings is 2. The van der Waals surface area contributed by atoms with Gasteiger partial charge < -0.3 is 8.83 Å². The largest absolute Gasteiger partial charge is 0.456 e. The van der Waals surface area contributed by atoms with Crippen LogP contribution in [0.1, 0.15) is 11.0 Å². The molecule has 0 atom stereocenters. The van der Waals surface area contributed by atoms with Crippen molar-refractivity contribution in [3.05, 3.63) is 151 Å². The Bertz CT molecular complexity index is 3290. The first-order chi connectivity index (χ1) is 27.1. The number of rotatable bonds is 4. The zero-order chi connectivity index (χ0) is 38.6. The summed E-state index contributed by atoms with van der Waals surface area (Å²) in [5.41, 5.74) is 4.21. The minimum absolute atomic E-state index is 0.0836. The van der Waals surface area contributed by atoms with Crippen molar-refractivity contribution in [3.63, 3.8) is 0 Å². The number of hydrogen-bond donors (Lipinski definition) is 0. The molecule has 10 aromatic rings. The van der Waals surface area contributed by atoms with Crippen LogP contribution in [-0.2, 0) is 0 Å². The van der Waals surface area contributed by atoms with Gasteiger partial charge in [-0.15, -0.1) is 0 Å². The van der Waals surface area contributed by atoms with E-state index in [4.69, 9.17) is 34.8 Å². The maximum atomic E-state index is 9.09. The molecule has 10 rings (SSSR count). The highest BCUT2D eigenvalue weighted by Crippen LogP contribution is 2.42. The molecule has 5 heteroatoms. The van der Waals surface area contributed by atoms with Crippen LogP contribution in [0.3, 0.4) is 0 Å². The average Bonchev–Trinajstić information content (AvgIpc) is 3.78. The molecule has 5 nitrogen and oxygen atoms in total. The standard InChI is InChI=1S/C43H25N3O2/c1-2-12-26(13-3-1)41-44-42(46-43(45-41)35-20-10-19-32-30-16-6-8-21-36(30)48-40(32)35)33-25-24-29(27-14-4-5-15-28(27)33)31-18-11-23-38-39(31)34-17-7-9-22-37(34)47-38/h1-25H/i1D,2D,3D,7D,12D,13D,18D,22D. The molecule has 0 bridgehead atoms. The highest BCUT2D eigenvalue weighted by molar-refractivity contribution is 6.16. The predicted octanol–water partition coefficient (Wildman–Crippen LogP) is 11.5. The van der Waals surface area contributed by atoms with Crippen molar-refractivity contribution in [2.24, 2.45) is 0 Å². The molecule has 0 saturated carbocycles. The molecule has 0 radical (unpaired) electrons. The monoisotopic (exact) mass is 623 g/mol. The zero-order valence-corrected chi connectivity index (χ0v) is 25.0. The van der Waals surface area contributed by atoms with Gasteiger partial charge in [-0.3, -0.25) is 0 Å². The number of fused-ring (bicyclic) bond motifs is 7. The van der Waals surface area contributed by atoms with Gasteiger partial charge in [-0.2, -0.15) is 0 Å². The quantitative estimate of drug-likeness (QED) is 0.195. The smallest absolute Gasteiger partial charge is 0.167 e. The summed E-state index contributed by atoms with van der Waals surface area (Å²) in [6.45, 7) is 0. The van der Waals surface area contributed by atoms with E-state index in [1.165, 1.54) is 6.07 Å². The Morgan fingerprint density at radius 3 is 1.98 bits per heavy atom. The fourth-order valence-electron chi connectivity index (χ4n) is 6.53. The minimum Gasteiger partial charge on any atom is -0.456 e. The normalized spacial score (nSPS) is 14.1. The van der Waals surface area contributed by atoms with E-state index in [1.54, 1.807) is 18.2 Å². The van der Waals surface area contributed by atoms with Crippen LogP contribution in [0.2, 0.25) is 0 Å². The van der Waals surface area contributed by atoms with Crippen molar-refractivity contribution in [3.8, 4) is 45.3 Å². The van der Waals surface area contributed by atoms with Gasteiger partial charge in [0.1, 0.15) is 22.3 Å². The van der Waals surface area contributed by atoms with E-state index in [0.29, 0.717) is 60.7 Å². The lowest BCUT2D eigenvalue weighted by Crippen LogP contribution is -2.01. The lowest BCUT2D eigenvalue weighted by atomic mass is 9.92. The summed E-state index contributed by atoms with van der Waals surface area (Å²) in [7, 11) is 0.